The summed E-state index contributed by atoms with van der Waals surface area (Å²) in [6.45, 7) is 0. The average Bonchev–Trinajstić information content (AvgIpc) is 2.52. The number of hydrogen-bond acceptors (Lipinski definition) is 1. The molecule has 3 atom stereocenters. The molecule has 0 aromatic rings. The van der Waals surface area contributed by atoms with Crippen molar-refractivity contribution in [1.82, 2.24) is 0 Å². The topological polar surface area (TPSA) is 37.3 Å². The van der Waals surface area contributed by atoms with Crippen LogP contribution < -0.4 is 0 Å². The van der Waals surface area contributed by atoms with Crippen molar-refractivity contribution in [2.45, 2.75) is 25.7 Å². The Morgan fingerprint density at radius 3 is 2.70 bits per heavy atom. The molecule has 0 bridgehead atoms. The molecule has 0 aromatic carbocycles. The molecular formula is C8H12O2. The molecule has 0 amide bonds. The molecule has 2 aliphatic rings. The predicted molar refractivity (Wildman–Crippen MR) is 36.6 cm³/mol. The summed E-state index contributed by atoms with van der Waals surface area (Å²) in [6, 6.07) is 0. The van der Waals surface area contributed by atoms with Crippen LogP contribution in [-0.4, -0.2) is 11.1 Å². The van der Waals surface area contributed by atoms with Crippen LogP contribution in [0.1, 0.15) is 25.7 Å². The first-order chi connectivity index (χ1) is 4.77. The van der Waals surface area contributed by atoms with E-state index < -0.39 is 5.97 Å². The summed E-state index contributed by atoms with van der Waals surface area (Å²) in [5.74, 6) is 1.64. The zero-order chi connectivity index (χ0) is 7.14. The van der Waals surface area contributed by atoms with E-state index in [0.29, 0.717) is 12.3 Å². The average molecular weight is 140 g/mol. The van der Waals surface area contributed by atoms with Gasteiger partial charge < -0.3 is 5.11 Å². The Labute approximate surface area is 60.2 Å². The SMILES string of the molecule is O=C(O)C[C@@H]1CC[C@H]2C[C@@H]12. The third-order valence-corrected chi connectivity index (χ3v) is 2.93. The minimum Gasteiger partial charge on any atom is -0.481 e. The molecule has 2 nitrogen and oxygen atoms in total. The lowest BCUT2D eigenvalue weighted by Crippen LogP contribution is -2.06. The third kappa shape index (κ3) is 0.917. The summed E-state index contributed by atoms with van der Waals surface area (Å²) in [4.78, 5) is 10.3. The molecule has 1 N–H and O–H groups in total. The van der Waals surface area contributed by atoms with Crippen molar-refractivity contribution in [3.63, 3.8) is 0 Å². The van der Waals surface area contributed by atoms with Crippen LogP contribution in [0.4, 0.5) is 0 Å². The smallest absolute Gasteiger partial charge is 0.303 e. The van der Waals surface area contributed by atoms with Crippen molar-refractivity contribution in [2.75, 3.05) is 0 Å². The lowest BCUT2D eigenvalue weighted by molar-refractivity contribution is -0.138. The van der Waals surface area contributed by atoms with Gasteiger partial charge in [0.25, 0.3) is 0 Å². The second-order valence-corrected chi connectivity index (χ2v) is 3.59. The van der Waals surface area contributed by atoms with Crippen molar-refractivity contribution in [3.05, 3.63) is 0 Å². The second-order valence-electron chi connectivity index (χ2n) is 3.59. The van der Waals surface area contributed by atoms with Gasteiger partial charge in [0.15, 0.2) is 0 Å². The van der Waals surface area contributed by atoms with Crippen molar-refractivity contribution in [2.24, 2.45) is 17.8 Å². The van der Waals surface area contributed by atoms with Crippen LogP contribution in [0.25, 0.3) is 0 Å². The van der Waals surface area contributed by atoms with Gasteiger partial charge in [-0.3, -0.25) is 4.79 Å². The van der Waals surface area contributed by atoms with E-state index in [-0.39, 0.29) is 0 Å². The second kappa shape index (κ2) is 1.97. The molecule has 0 heterocycles. The van der Waals surface area contributed by atoms with Gasteiger partial charge in [-0.05, 0) is 37.0 Å². The van der Waals surface area contributed by atoms with E-state index in [1.54, 1.807) is 0 Å². The Morgan fingerprint density at radius 1 is 1.50 bits per heavy atom. The molecule has 2 heteroatoms. The van der Waals surface area contributed by atoms with E-state index in [1.807, 2.05) is 0 Å². The van der Waals surface area contributed by atoms with Crippen molar-refractivity contribution < 1.29 is 9.90 Å². The zero-order valence-corrected chi connectivity index (χ0v) is 5.92. The molecule has 0 unspecified atom stereocenters. The molecule has 0 aliphatic heterocycles. The predicted octanol–water partition coefficient (Wildman–Crippen LogP) is 1.51. The largest absolute Gasteiger partial charge is 0.481 e. The number of carboxylic acid groups (broad SMARTS) is 1. The van der Waals surface area contributed by atoms with E-state index in [0.717, 1.165) is 11.8 Å². The highest BCUT2D eigenvalue weighted by Crippen LogP contribution is 2.56. The molecule has 56 valence electrons. The van der Waals surface area contributed by atoms with Gasteiger partial charge >= 0.3 is 5.97 Å². The summed E-state index contributed by atoms with van der Waals surface area (Å²) in [6.07, 6.45) is 4.20. The fourth-order valence-corrected chi connectivity index (χ4v) is 2.30. The van der Waals surface area contributed by atoms with E-state index in [9.17, 15) is 4.79 Å². The molecule has 2 fully saturated rings. The maximum Gasteiger partial charge on any atom is 0.303 e. The molecule has 2 rings (SSSR count). The van der Waals surface area contributed by atoms with Gasteiger partial charge in [0, 0.05) is 6.42 Å². The van der Waals surface area contributed by atoms with Crippen LogP contribution in [0.15, 0.2) is 0 Å². The number of carboxylic acids is 1. The van der Waals surface area contributed by atoms with Gasteiger partial charge in [0.2, 0.25) is 0 Å². The lowest BCUT2D eigenvalue weighted by Gasteiger charge is -2.05. The van der Waals surface area contributed by atoms with E-state index in [1.165, 1.54) is 19.3 Å². The highest BCUT2D eigenvalue weighted by Gasteiger charge is 2.48. The van der Waals surface area contributed by atoms with Gasteiger partial charge in [-0.25, -0.2) is 0 Å². The Bertz CT molecular complexity index is 165. The van der Waals surface area contributed by atoms with E-state index in [2.05, 4.69) is 0 Å². The quantitative estimate of drug-likeness (QED) is 0.631. The maximum absolute atomic E-state index is 10.3. The number of carbonyl (C=O) groups is 1. The third-order valence-electron chi connectivity index (χ3n) is 2.93. The monoisotopic (exact) mass is 140 g/mol. The van der Waals surface area contributed by atoms with Crippen LogP contribution in [0.5, 0.6) is 0 Å². The molecule has 0 aromatic heterocycles. The van der Waals surface area contributed by atoms with Crippen LogP contribution >= 0.6 is 0 Å². The maximum atomic E-state index is 10.3. The van der Waals surface area contributed by atoms with Crippen LogP contribution in [-0.2, 0) is 4.79 Å². The summed E-state index contributed by atoms with van der Waals surface area (Å²) >= 11 is 0. The van der Waals surface area contributed by atoms with Crippen molar-refractivity contribution in [3.8, 4) is 0 Å². The minimum atomic E-state index is -0.613. The van der Waals surface area contributed by atoms with Gasteiger partial charge in [-0.2, -0.15) is 0 Å². The Balaban J connectivity index is 1.88. The molecule has 2 saturated carbocycles. The van der Waals surface area contributed by atoms with Gasteiger partial charge in [0.1, 0.15) is 0 Å². The van der Waals surface area contributed by atoms with Crippen molar-refractivity contribution >= 4 is 5.97 Å². The molecule has 0 spiro atoms. The van der Waals surface area contributed by atoms with Gasteiger partial charge in [-0.1, -0.05) is 0 Å². The fourth-order valence-electron chi connectivity index (χ4n) is 2.30. The fraction of sp³-hybridized carbons (Fsp3) is 0.875. The summed E-state index contributed by atoms with van der Waals surface area (Å²) in [5.41, 5.74) is 0. The van der Waals surface area contributed by atoms with E-state index >= 15 is 0 Å². The summed E-state index contributed by atoms with van der Waals surface area (Å²) in [5, 5.41) is 8.51. The Kier molecular flexibility index (Phi) is 1.22. The molecular weight excluding hydrogens is 128 g/mol. The minimum absolute atomic E-state index is 0.418. The molecule has 10 heavy (non-hydrogen) atoms. The normalized spacial score (nSPS) is 43.0. The van der Waals surface area contributed by atoms with Gasteiger partial charge in [-0.15, -0.1) is 0 Å². The molecule has 2 aliphatic carbocycles. The first kappa shape index (κ1) is 6.20. The lowest BCUT2D eigenvalue weighted by atomic mass is 10.00. The molecule has 0 radical (unpaired) electrons. The summed E-state index contributed by atoms with van der Waals surface area (Å²) < 4.78 is 0. The zero-order valence-electron chi connectivity index (χ0n) is 5.92. The number of hydrogen-bond donors (Lipinski definition) is 1. The number of aliphatic carboxylic acids is 1. The van der Waals surface area contributed by atoms with Crippen molar-refractivity contribution in [1.29, 1.82) is 0 Å². The Morgan fingerprint density at radius 2 is 2.30 bits per heavy atom. The standard InChI is InChI=1S/C8H12O2/c9-8(10)4-6-2-1-5-3-7(5)6/h5-7H,1-4H2,(H,9,10)/t5-,6-,7+/m0/s1. The summed E-state index contributed by atoms with van der Waals surface area (Å²) in [7, 11) is 0. The molecule has 0 saturated heterocycles. The highest BCUT2D eigenvalue weighted by molar-refractivity contribution is 5.67. The van der Waals surface area contributed by atoms with Crippen LogP contribution in [0.3, 0.4) is 0 Å². The highest BCUT2D eigenvalue weighted by atomic mass is 16.4. The first-order valence-electron chi connectivity index (χ1n) is 3.99. The first-order valence-corrected chi connectivity index (χ1v) is 3.99. The van der Waals surface area contributed by atoms with Gasteiger partial charge in [0.05, 0.1) is 0 Å². The van der Waals surface area contributed by atoms with E-state index in [4.69, 9.17) is 5.11 Å². The van der Waals surface area contributed by atoms with Crippen LogP contribution in [0, 0.1) is 17.8 Å². The Hall–Kier alpha value is -0.530. The van der Waals surface area contributed by atoms with Crippen LogP contribution in [0.2, 0.25) is 0 Å². The number of fused-ring (bicyclic) bond motifs is 1. The number of rotatable bonds is 2.